The highest BCUT2D eigenvalue weighted by atomic mass is 32.2. The number of aromatic nitrogens is 2. The highest BCUT2D eigenvalue weighted by Gasteiger charge is 2.38. The number of anilines is 1. The maximum Gasteiger partial charge on any atom is 0.323 e. The molecule has 50 heavy (non-hydrogen) atoms. The lowest BCUT2D eigenvalue weighted by molar-refractivity contribution is -0.140. The van der Waals surface area contributed by atoms with Crippen molar-refractivity contribution in [2.75, 3.05) is 23.7 Å². The van der Waals surface area contributed by atoms with E-state index in [0.29, 0.717) is 43.2 Å². The van der Waals surface area contributed by atoms with E-state index in [4.69, 9.17) is 5.11 Å². The fourth-order valence-electron chi connectivity index (χ4n) is 4.95. The summed E-state index contributed by atoms with van der Waals surface area (Å²) in [6.07, 6.45) is 1.70. The number of hydrogen-bond acceptors (Lipinski definition) is 14. The molecule has 1 saturated heterocycles. The zero-order valence-corrected chi connectivity index (χ0v) is 29.5. The number of imide groups is 1. The number of allylic oxidation sites excluding steroid dienone is 1. The molecule has 2 aliphatic heterocycles. The highest BCUT2D eigenvalue weighted by molar-refractivity contribution is 8.23. The van der Waals surface area contributed by atoms with Crippen LogP contribution >= 0.6 is 46.2 Å². The molecule has 22 heteroatoms. The summed E-state index contributed by atoms with van der Waals surface area (Å²) in [5.41, 5.74) is -0.688. The zero-order valence-electron chi connectivity index (χ0n) is 25.4. The van der Waals surface area contributed by atoms with Gasteiger partial charge in [-0.3, -0.25) is 52.1 Å². The number of carbonyl (C=O) groups is 5. The van der Waals surface area contributed by atoms with Gasteiger partial charge < -0.3 is 20.2 Å². The van der Waals surface area contributed by atoms with E-state index < -0.39 is 80.6 Å². The van der Waals surface area contributed by atoms with E-state index in [0.717, 1.165) is 26.5 Å². The predicted molar refractivity (Wildman–Crippen MR) is 183 cm³/mol. The molecule has 2 amide bonds. The minimum atomic E-state index is -4.22. The summed E-state index contributed by atoms with van der Waals surface area (Å²) in [5.74, 6) is -5.98. The van der Waals surface area contributed by atoms with Crippen molar-refractivity contribution in [2.24, 2.45) is 0 Å². The van der Waals surface area contributed by atoms with Crippen LogP contribution in [0.4, 0.5) is 10.5 Å². The number of thioether (sulfide) groups is 2. The quantitative estimate of drug-likeness (QED) is 0.192. The lowest BCUT2D eigenvalue weighted by Crippen LogP contribution is -2.35. The summed E-state index contributed by atoms with van der Waals surface area (Å²) in [6.45, 7) is -1.08. The van der Waals surface area contributed by atoms with Crippen molar-refractivity contribution in [1.29, 1.82) is 0 Å². The van der Waals surface area contributed by atoms with Gasteiger partial charge in [0.25, 0.3) is 32.4 Å². The molecule has 4 heterocycles. The molecule has 2 aliphatic rings. The number of carboxylic acid groups (broad SMARTS) is 3. The van der Waals surface area contributed by atoms with Crippen molar-refractivity contribution >= 4 is 102 Å². The summed E-state index contributed by atoms with van der Waals surface area (Å²) in [6, 6.07) is 7.24. The van der Waals surface area contributed by atoms with Crippen LogP contribution in [0.2, 0.25) is 0 Å². The van der Waals surface area contributed by atoms with E-state index in [2.05, 4.69) is 0 Å². The zero-order chi connectivity index (χ0) is 36.7. The van der Waals surface area contributed by atoms with Gasteiger partial charge in [0.1, 0.15) is 38.4 Å². The normalized spacial score (nSPS) is 17.8. The Morgan fingerprint density at radius 1 is 0.820 bits per heavy atom. The largest absolute Gasteiger partial charge is 0.480 e. The second kappa shape index (κ2) is 14.4. The Kier molecular flexibility index (Phi) is 10.6. The number of thiazole rings is 2. The summed E-state index contributed by atoms with van der Waals surface area (Å²) >= 11 is 2.93. The van der Waals surface area contributed by atoms with E-state index in [1.54, 1.807) is 30.0 Å². The van der Waals surface area contributed by atoms with Crippen molar-refractivity contribution in [1.82, 2.24) is 14.0 Å². The van der Waals surface area contributed by atoms with Crippen LogP contribution < -0.4 is 25.2 Å². The SMILES string of the molecule is CC(C=C1Sc2ccccc2N1CCCS(=O)(=O)O)=c1s/c(=c2/sc(=C3SC(=O)N(CC(=O)O)C3=O)n(CC(=O)O)c2=O)n(CC(=O)O)c1=O. The maximum absolute atomic E-state index is 13.8. The van der Waals surface area contributed by atoms with E-state index in [9.17, 15) is 56.7 Å². The molecule has 0 saturated carbocycles. The number of benzene rings is 1. The highest BCUT2D eigenvalue weighted by Crippen LogP contribution is 2.46. The van der Waals surface area contributed by atoms with Crippen LogP contribution in [0, 0.1) is 9.20 Å². The molecule has 0 bridgehead atoms. The standard InChI is InChI=1S/C28H24N4O13S5/c1-13(9-16-29(7-4-8-50(43,44)45)14-5-2-3-6-15(14)46-16)20-23(39)30(10-17(33)34)26(47-20)21-24(40)31(11-18(35)36)27(48-21)22-25(41)32(12-19(37)38)28(42)49-22/h2-3,5-6,9H,4,7-8,10-12H2,1H3,(H,33,34)(H,35,36)(H,37,38)(H,43,44,45)/b16-9?,20-13?,26-21+,27-22?. The molecule has 1 fully saturated rings. The second-order valence-electron chi connectivity index (χ2n) is 10.6. The second-order valence-corrected chi connectivity index (χ2v) is 16.1. The van der Waals surface area contributed by atoms with Gasteiger partial charge in [-0.15, -0.1) is 22.7 Å². The number of carboxylic acids is 3. The molecule has 0 unspecified atom stereocenters. The van der Waals surface area contributed by atoms with Crippen LogP contribution in [0.25, 0.3) is 10.5 Å². The van der Waals surface area contributed by atoms with E-state index in [-0.39, 0.29) is 31.4 Å². The first kappa shape index (κ1) is 36.8. The van der Waals surface area contributed by atoms with Crippen molar-refractivity contribution in [3.05, 3.63) is 74.5 Å². The number of hydrogen-bond donors (Lipinski definition) is 4. The molecule has 0 aliphatic carbocycles. The number of para-hydroxylation sites is 1. The third-order valence-electron chi connectivity index (χ3n) is 7.00. The number of amides is 2. The number of fused-ring (bicyclic) bond motifs is 1. The van der Waals surface area contributed by atoms with Gasteiger partial charge in [-0.25, -0.2) is 0 Å². The molecule has 0 atom stereocenters. The predicted octanol–water partition coefficient (Wildman–Crippen LogP) is 0.380. The van der Waals surface area contributed by atoms with Gasteiger partial charge in [-0.1, -0.05) is 23.9 Å². The molecule has 264 valence electrons. The lowest BCUT2D eigenvalue weighted by Gasteiger charge is -2.20. The molecular weight excluding hydrogens is 761 g/mol. The number of aliphatic carboxylic acids is 3. The number of nitrogens with zero attached hydrogens (tertiary/aromatic N) is 4. The monoisotopic (exact) mass is 784 g/mol. The van der Waals surface area contributed by atoms with Gasteiger partial charge in [0, 0.05) is 11.4 Å². The fourth-order valence-corrected chi connectivity index (χ4v) is 10.0. The van der Waals surface area contributed by atoms with Gasteiger partial charge in [0.05, 0.1) is 21.0 Å². The number of carbonyl (C=O) groups excluding carboxylic acids is 2. The van der Waals surface area contributed by atoms with Crippen molar-refractivity contribution in [3.8, 4) is 0 Å². The van der Waals surface area contributed by atoms with E-state index >= 15 is 0 Å². The summed E-state index contributed by atoms with van der Waals surface area (Å²) < 4.78 is 32.7. The topological polar surface area (TPSA) is 251 Å². The van der Waals surface area contributed by atoms with Crippen molar-refractivity contribution in [3.63, 3.8) is 0 Å². The smallest absolute Gasteiger partial charge is 0.323 e. The minimum Gasteiger partial charge on any atom is -0.480 e. The van der Waals surface area contributed by atoms with E-state index in [1.807, 2.05) is 12.1 Å². The Labute approximate surface area is 296 Å². The van der Waals surface area contributed by atoms with Crippen LogP contribution in [-0.2, 0) is 42.4 Å². The van der Waals surface area contributed by atoms with Crippen LogP contribution in [-0.4, -0.2) is 90.2 Å². The van der Waals surface area contributed by atoms with Crippen LogP contribution in [0.1, 0.15) is 13.3 Å². The fraction of sp³-hybridized carbons (Fsp3) is 0.250. The van der Waals surface area contributed by atoms with Crippen LogP contribution in [0.5, 0.6) is 0 Å². The Morgan fingerprint density at radius 3 is 2.06 bits per heavy atom. The Morgan fingerprint density at radius 2 is 1.44 bits per heavy atom. The molecular formula is C28H24N4O13S5. The summed E-state index contributed by atoms with van der Waals surface area (Å²) in [5, 5.41) is 27.9. The molecule has 1 aromatic carbocycles. The average molecular weight is 785 g/mol. The van der Waals surface area contributed by atoms with Crippen molar-refractivity contribution < 1.29 is 52.3 Å². The molecule has 0 radical (unpaired) electrons. The van der Waals surface area contributed by atoms with E-state index in [1.165, 1.54) is 11.8 Å². The van der Waals surface area contributed by atoms with Gasteiger partial charge in [-0.05, 0) is 48.9 Å². The van der Waals surface area contributed by atoms with Crippen LogP contribution in [0.15, 0.2) is 49.9 Å². The molecule has 17 nitrogen and oxygen atoms in total. The van der Waals surface area contributed by atoms with Crippen molar-refractivity contribution in [2.45, 2.75) is 31.3 Å². The minimum absolute atomic E-state index is 0.0177. The van der Waals surface area contributed by atoms with Gasteiger partial charge in [0.2, 0.25) is 0 Å². The lowest BCUT2D eigenvalue weighted by atomic mass is 10.2. The molecule has 3 aromatic rings. The number of rotatable bonds is 11. The van der Waals surface area contributed by atoms with Gasteiger partial charge in [-0.2, -0.15) is 8.42 Å². The van der Waals surface area contributed by atoms with Crippen LogP contribution in [0.3, 0.4) is 0 Å². The Bertz CT molecular complexity index is 2480. The van der Waals surface area contributed by atoms with Gasteiger partial charge >= 0.3 is 17.9 Å². The average Bonchev–Trinajstić information content (AvgIpc) is 3.70. The first-order valence-corrected chi connectivity index (χ1v) is 18.9. The Hall–Kier alpha value is -4.48. The molecule has 4 N–H and O–H groups in total. The Balaban J connectivity index is 1.76. The molecule has 2 aromatic heterocycles. The first-order valence-electron chi connectivity index (χ1n) is 14.1. The first-order chi connectivity index (χ1) is 23.5. The summed E-state index contributed by atoms with van der Waals surface area (Å²) in [4.78, 5) is 90.4. The molecule has 5 rings (SSSR count). The summed E-state index contributed by atoms with van der Waals surface area (Å²) in [7, 11) is -4.22. The maximum atomic E-state index is 13.8. The third kappa shape index (κ3) is 7.63. The molecule has 0 spiro atoms. The van der Waals surface area contributed by atoms with Gasteiger partial charge in [0.15, 0.2) is 0 Å². The third-order valence-corrected chi connectivity index (χ3v) is 12.7.